The van der Waals surface area contributed by atoms with Gasteiger partial charge in [-0.15, -0.1) is 0 Å². The van der Waals surface area contributed by atoms with Crippen molar-refractivity contribution in [3.05, 3.63) is 52.8 Å². The molecule has 1 aliphatic rings. The first-order valence-electron chi connectivity index (χ1n) is 8.21. The van der Waals surface area contributed by atoms with Gasteiger partial charge in [0.1, 0.15) is 5.82 Å². The molecule has 0 saturated carbocycles. The number of carbonyl (C=O) groups excluding carboxylic acids is 1. The summed E-state index contributed by atoms with van der Waals surface area (Å²) in [5.41, 5.74) is 1.16. The average molecular weight is 379 g/mol. The molecule has 0 atom stereocenters. The number of ether oxygens (including phenoxy) is 2. The molecule has 0 spiro atoms. The van der Waals surface area contributed by atoms with Crippen LogP contribution in [0, 0.1) is 5.82 Å². The third kappa shape index (κ3) is 3.76. The van der Waals surface area contributed by atoms with Crippen LogP contribution in [0.5, 0.6) is 11.5 Å². The summed E-state index contributed by atoms with van der Waals surface area (Å²) in [6.07, 6.45) is 0. The molecule has 5 nitrogen and oxygen atoms in total. The van der Waals surface area contributed by atoms with Crippen LogP contribution in [-0.4, -0.2) is 44.7 Å². The molecule has 0 aliphatic carbocycles. The van der Waals surface area contributed by atoms with Crippen molar-refractivity contribution < 1.29 is 18.7 Å². The van der Waals surface area contributed by atoms with E-state index in [2.05, 4.69) is 0 Å². The maximum Gasteiger partial charge on any atom is 0.241 e. The summed E-state index contributed by atoms with van der Waals surface area (Å²) in [6.45, 7) is 1.62. The highest BCUT2D eigenvalue weighted by molar-refractivity contribution is 6.33. The van der Waals surface area contributed by atoms with Crippen LogP contribution in [0.3, 0.4) is 0 Å². The fraction of sp³-hybridized carbons (Fsp3) is 0.316. The molecule has 0 N–H and O–H groups in total. The number of hydrogen-bond acceptors (Lipinski definition) is 4. The number of halogens is 2. The normalized spacial score (nSPS) is 15.2. The Bertz CT molecular complexity index is 815. The van der Waals surface area contributed by atoms with Crippen LogP contribution >= 0.6 is 11.6 Å². The molecule has 0 aromatic heterocycles. The first-order chi connectivity index (χ1) is 12.5. The highest BCUT2D eigenvalue weighted by atomic mass is 35.5. The number of benzene rings is 2. The zero-order chi connectivity index (χ0) is 18.7. The summed E-state index contributed by atoms with van der Waals surface area (Å²) < 4.78 is 24.7. The van der Waals surface area contributed by atoms with E-state index in [0.29, 0.717) is 47.4 Å². The van der Waals surface area contributed by atoms with Crippen molar-refractivity contribution in [1.29, 1.82) is 0 Å². The molecule has 1 saturated heterocycles. The smallest absolute Gasteiger partial charge is 0.241 e. The summed E-state index contributed by atoms with van der Waals surface area (Å²) in [5.74, 6) is 0.354. The third-order valence-electron chi connectivity index (χ3n) is 4.39. The van der Waals surface area contributed by atoms with Crippen molar-refractivity contribution in [2.24, 2.45) is 0 Å². The fourth-order valence-electron chi connectivity index (χ4n) is 3.04. The molecule has 0 bridgehead atoms. The van der Waals surface area contributed by atoms with Crippen LogP contribution in [0.25, 0.3) is 0 Å². The van der Waals surface area contributed by atoms with Crippen LogP contribution in [0.1, 0.15) is 5.56 Å². The SMILES string of the molecule is COc1cc(F)c(CN2CCN(c3ccccc3Cl)C(=O)C2)cc1OC. The van der Waals surface area contributed by atoms with Gasteiger partial charge < -0.3 is 14.4 Å². The van der Waals surface area contributed by atoms with Gasteiger partial charge in [-0.3, -0.25) is 9.69 Å². The Morgan fingerprint density at radius 1 is 1.12 bits per heavy atom. The van der Waals surface area contributed by atoms with Gasteiger partial charge in [0, 0.05) is 31.3 Å². The molecule has 2 aromatic rings. The summed E-state index contributed by atoms with van der Waals surface area (Å²) in [6, 6.07) is 10.2. The fourth-order valence-corrected chi connectivity index (χ4v) is 3.28. The third-order valence-corrected chi connectivity index (χ3v) is 4.71. The first-order valence-corrected chi connectivity index (χ1v) is 8.59. The highest BCUT2D eigenvalue weighted by Gasteiger charge is 2.27. The van der Waals surface area contributed by atoms with Crippen LogP contribution < -0.4 is 14.4 Å². The molecule has 0 unspecified atom stereocenters. The second-order valence-electron chi connectivity index (χ2n) is 6.01. The second kappa shape index (κ2) is 7.93. The molecule has 1 aliphatic heterocycles. The van der Waals surface area contributed by atoms with Gasteiger partial charge in [0.05, 0.1) is 31.5 Å². The molecule has 1 amide bonds. The number of rotatable bonds is 5. The minimum Gasteiger partial charge on any atom is -0.493 e. The molecule has 138 valence electrons. The van der Waals surface area contributed by atoms with Crippen LogP contribution in [0.2, 0.25) is 5.02 Å². The van der Waals surface area contributed by atoms with Crippen molar-refractivity contribution in [3.8, 4) is 11.5 Å². The highest BCUT2D eigenvalue weighted by Crippen LogP contribution is 2.31. The zero-order valence-electron chi connectivity index (χ0n) is 14.7. The summed E-state index contributed by atoms with van der Waals surface area (Å²) in [4.78, 5) is 16.1. The van der Waals surface area contributed by atoms with Crippen molar-refractivity contribution in [2.75, 3.05) is 38.8 Å². The lowest BCUT2D eigenvalue weighted by Crippen LogP contribution is -2.50. The number of methoxy groups -OCH3 is 2. The Morgan fingerprint density at radius 2 is 1.81 bits per heavy atom. The molecule has 3 rings (SSSR count). The number of hydrogen-bond donors (Lipinski definition) is 0. The molecule has 1 fully saturated rings. The van der Waals surface area contributed by atoms with Gasteiger partial charge in [0.2, 0.25) is 5.91 Å². The topological polar surface area (TPSA) is 42.0 Å². The van der Waals surface area contributed by atoms with Gasteiger partial charge in [-0.2, -0.15) is 0 Å². The van der Waals surface area contributed by atoms with E-state index in [9.17, 15) is 9.18 Å². The Balaban J connectivity index is 1.72. The number of piperazine rings is 1. The zero-order valence-corrected chi connectivity index (χ0v) is 15.4. The van der Waals surface area contributed by atoms with E-state index >= 15 is 0 Å². The van der Waals surface area contributed by atoms with Gasteiger partial charge in [-0.1, -0.05) is 23.7 Å². The van der Waals surface area contributed by atoms with Crippen molar-refractivity contribution in [1.82, 2.24) is 4.90 Å². The van der Waals surface area contributed by atoms with Gasteiger partial charge in [-0.05, 0) is 18.2 Å². The van der Waals surface area contributed by atoms with E-state index in [1.165, 1.54) is 20.3 Å². The van der Waals surface area contributed by atoms with Crippen molar-refractivity contribution >= 4 is 23.2 Å². The Kier molecular flexibility index (Phi) is 5.64. The number of nitrogens with zero attached hydrogens (tertiary/aromatic N) is 2. The predicted molar refractivity (Wildman–Crippen MR) is 98.6 cm³/mol. The van der Waals surface area contributed by atoms with E-state index in [1.807, 2.05) is 23.1 Å². The van der Waals surface area contributed by atoms with Gasteiger partial charge in [-0.25, -0.2) is 4.39 Å². The maximum atomic E-state index is 14.3. The molecule has 26 heavy (non-hydrogen) atoms. The van der Waals surface area contributed by atoms with Gasteiger partial charge >= 0.3 is 0 Å². The quantitative estimate of drug-likeness (QED) is 0.800. The predicted octanol–water partition coefficient (Wildman–Crippen LogP) is 3.35. The van der Waals surface area contributed by atoms with Crippen LogP contribution in [0.4, 0.5) is 10.1 Å². The molecule has 7 heteroatoms. The Hall–Kier alpha value is -2.31. The molecule has 1 heterocycles. The lowest BCUT2D eigenvalue weighted by atomic mass is 10.1. The van der Waals surface area contributed by atoms with Gasteiger partial charge in [0.25, 0.3) is 0 Å². The molecular weight excluding hydrogens is 359 g/mol. The summed E-state index contributed by atoms with van der Waals surface area (Å²) in [7, 11) is 2.97. The average Bonchev–Trinajstić information content (AvgIpc) is 2.64. The molecule has 2 aromatic carbocycles. The molecule has 0 radical (unpaired) electrons. The van der Waals surface area contributed by atoms with Crippen molar-refractivity contribution in [3.63, 3.8) is 0 Å². The Labute approximate surface area is 156 Å². The van der Waals surface area contributed by atoms with Crippen molar-refractivity contribution in [2.45, 2.75) is 6.54 Å². The minimum atomic E-state index is -0.386. The lowest BCUT2D eigenvalue weighted by molar-refractivity contribution is -0.121. The number of para-hydroxylation sites is 1. The Morgan fingerprint density at radius 3 is 2.46 bits per heavy atom. The van der Waals surface area contributed by atoms with Crippen LogP contribution in [0.15, 0.2) is 36.4 Å². The first kappa shape index (κ1) is 18.5. The second-order valence-corrected chi connectivity index (χ2v) is 6.41. The van der Waals surface area contributed by atoms with Gasteiger partial charge in [0.15, 0.2) is 11.5 Å². The van der Waals surface area contributed by atoms with E-state index in [1.54, 1.807) is 17.0 Å². The number of anilines is 1. The number of carbonyl (C=O) groups is 1. The monoisotopic (exact) mass is 378 g/mol. The lowest BCUT2D eigenvalue weighted by Gasteiger charge is -2.34. The van der Waals surface area contributed by atoms with E-state index in [4.69, 9.17) is 21.1 Å². The van der Waals surface area contributed by atoms with E-state index in [0.717, 1.165) is 0 Å². The van der Waals surface area contributed by atoms with E-state index < -0.39 is 0 Å². The van der Waals surface area contributed by atoms with E-state index in [-0.39, 0.29) is 18.3 Å². The summed E-state index contributed by atoms with van der Waals surface area (Å²) >= 11 is 6.19. The number of amides is 1. The van der Waals surface area contributed by atoms with Crippen LogP contribution in [-0.2, 0) is 11.3 Å². The largest absolute Gasteiger partial charge is 0.493 e. The molecular formula is C19H20ClFN2O3. The maximum absolute atomic E-state index is 14.3. The standard InChI is InChI=1S/C19H20ClFN2O3/c1-25-17-9-13(15(21)10-18(17)26-2)11-22-7-8-23(19(24)12-22)16-6-4-3-5-14(16)20/h3-6,9-10H,7-8,11-12H2,1-2H3. The summed E-state index contributed by atoms with van der Waals surface area (Å²) in [5, 5.41) is 0.542. The minimum absolute atomic E-state index is 0.0646.